The fraction of sp³-hybridized carbons (Fsp3) is 0.350. The van der Waals surface area contributed by atoms with Crippen molar-refractivity contribution < 1.29 is 13.5 Å². The van der Waals surface area contributed by atoms with E-state index in [9.17, 15) is 8.78 Å². The summed E-state index contributed by atoms with van der Waals surface area (Å²) >= 11 is 0. The van der Waals surface area contributed by atoms with E-state index in [1.165, 1.54) is 12.1 Å². The van der Waals surface area contributed by atoms with Gasteiger partial charge >= 0.3 is 0 Å². The molecule has 0 aliphatic carbocycles. The van der Waals surface area contributed by atoms with Gasteiger partial charge < -0.3 is 4.74 Å². The molecule has 24 heavy (non-hydrogen) atoms. The molecule has 0 aliphatic heterocycles. The molecule has 2 rings (SSSR count). The van der Waals surface area contributed by atoms with Gasteiger partial charge in [-0.15, -0.1) is 0 Å². The zero-order valence-corrected chi connectivity index (χ0v) is 14.0. The summed E-state index contributed by atoms with van der Waals surface area (Å²) in [4.78, 5) is 4.22. The third kappa shape index (κ3) is 4.79. The molecule has 0 fully saturated rings. The maximum absolute atomic E-state index is 14.1. The van der Waals surface area contributed by atoms with E-state index in [1.807, 2.05) is 13.0 Å². The summed E-state index contributed by atoms with van der Waals surface area (Å²) in [7, 11) is 0. The Morgan fingerprint density at radius 2 is 1.83 bits per heavy atom. The van der Waals surface area contributed by atoms with Gasteiger partial charge in [-0.3, -0.25) is 0 Å². The number of hydrogen-bond acceptors (Lipinski definition) is 2. The largest absolute Gasteiger partial charge is 0.490 e. The van der Waals surface area contributed by atoms with Crippen LogP contribution in [0.1, 0.15) is 49.9 Å². The van der Waals surface area contributed by atoms with Crippen molar-refractivity contribution >= 4 is 0 Å². The van der Waals surface area contributed by atoms with E-state index in [4.69, 9.17) is 4.74 Å². The van der Waals surface area contributed by atoms with Gasteiger partial charge in [-0.2, -0.15) is 4.39 Å². The fourth-order valence-corrected chi connectivity index (χ4v) is 2.13. The lowest BCUT2D eigenvalue weighted by Crippen LogP contribution is -2.01. The van der Waals surface area contributed by atoms with Crippen LogP contribution in [-0.2, 0) is 6.42 Å². The molecule has 2 nitrogen and oxygen atoms in total. The minimum absolute atomic E-state index is 0.00484. The van der Waals surface area contributed by atoms with Crippen LogP contribution in [0.2, 0.25) is 0 Å². The van der Waals surface area contributed by atoms with Crippen molar-refractivity contribution in [2.45, 2.75) is 39.5 Å². The second-order valence-corrected chi connectivity index (χ2v) is 5.49. The first-order valence-electron chi connectivity index (χ1n) is 8.23. The van der Waals surface area contributed by atoms with Gasteiger partial charge in [-0.05, 0) is 42.5 Å². The van der Waals surface area contributed by atoms with Crippen molar-refractivity contribution in [1.29, 1.82) is 0 Å². The van der Waals surface area contributed by atoms with Gasteiger partial charge in [0.05, 0.1) is 12.2 Å². The van der Waals surface area contributed by atoms with Crippen LogP contribution in [0.5, 0.6) is 5.75 Å². The molecule has 0 spiro atoms. The number of halogens is 2. The van der Waals surface area contributed by atoms with Crippen molar-refractivity contribution in [3.05, 3.63) is 58.9 Å². The van der Waals surface area contributed by atoms with E-state index in [0.717, 1.165) is 31.2 Å². The van der Waals surface area contributed by atoms with Crippen LogP contribution in [-0.4, -0.2) is 11.6 Å². The lowest BCUT2D eigenvalue weighted by atomic mass is 10.1. The quantitative estimate of drug-likeness (QED) is 0.556. The summed E-state index contributed by atoms with van der Waals surface area (Å²) < 4.78 is 33.3. The molecule has 1 aromatic carbocycles. The Labute approximate surface area is 141 Å². The number of unbranched alkanes of at least 4 members (excludes halogenated alkanes) is 1. The van der Waals surface area contributed by atoms with E-state index in [-0.39, 0.29) is 11.3 Å². The van der Waals surface area contributed by atoms with Crippen molar-refractivity contribution in [1.82, 2.24) is 4.98 Å². The molecule has 2 aromatic rings. The molecule has 0 bridgehead atoms. The monoisotopic (exact) mass is 329 g/mol. The molecule has 1 aromatic heterocycles. The summed E-state index contributed by atoms with van der Waals surface area (Å²) in [5.41, 5.74) is 1.65. The lowest BCUT2D eigenvalue weighted by Gasteiger charge is -2.07. The normalized spacial score (nSPS) is 10.2. The van der Waals surface area contributed by atoms with Crippen LogP contribution in [0.15, 0.2) is 30.5 Å². The minimum Gasteiger partial charge on any atom is -0.490 e. The van der Waals surface area contributed by atoms with Gasteiger partial charge in [0.15, 0.2) is 11.6 Å². The highest BCUT2D eigenvalue weighted by molar-refractivity contribution is 5.44. The van der Waals surface area contributed by atoms with Crippen LogP contribution in [0.25, 0.3) is 0 Å². The molecule has 4 heteroatoms. The average Bonchev–Trinajstić information content (AvgIpc) is 2.60. The molecule has 0 unspecified atom stereocenters. The maximum Gasteiger partial charge on any atom is 0.201 e. The smallest absolute Gasteiger partial charge is 0.201 e. The second-order valence-electron chi connectivity index (χ2n) is 5.49. The van der Waals surface area contributed by atoms with Gasteiger partial charge in [0.1, 0.15) is 5.69 Å². The van der Waals surface area contributed by atoms with E-state index in [0.29, 0.717) is 12.3 Å². The van der Waals surface area contributed by atoms with Crippen molar-refractivity contribution in [2.24, 2.45) is 0 Å². The Morgan fingerprint density at radius 3 is 2.50 bits per heavy atom. The molecule has 0 aliphatic rings. The predicted molar refractivity (Wildman–Crippen MR) is 91.0 cm³/mol. The molecule has 0 amide bonds. The standard InChI is InChI=1S/C20H21F2NO/c1-3-5-13-24-18-12-9-16(19(21)20(18)22)8-11-17-10-7-15(6-4-2)14-23-17/h7,9-10,12,14H,3-6,13H2,1-2H3. The zero-order chi connectivity index (χ0) is 17.4. The fourth-order valence-electron chi connectivity index (χ4n) is 2.13. The summed E-state index contributed by atoms with van der Waals surface area (Å²) in [6.45, 7) is 4.47. The van der Waals surface area contributed by atoms with Gasteiger partial charge in [0.25, 0.3) is 0 Å². The summed E-state index contributed by atoms with van der Waals surface area (Å²) in [5, 5.41) is 0. The molecular weight excluding hydrogens is 308 g/mol. The van der Waals surface area contributed by atoms with Gasteiger partial charge in [-0.25, -0.2) is 9.37 Å². The molecular formula is C20H21F2NO. The van der Waals surface area contributed by atoms with Crippen molar-refractivity contribution in [3.63, 3.8) is 0 Å². The van der Waals surface area contributed by atoms with Crippen molar-refractivity contribution in [2.75, 3.05) is 6.61 Å². The van der Waals surface area contributed by atoms with Crippen molar-refractivity contribution in [3.8, 4) is 17.6 Å². The SMILES string of the molecule is CCCCOc1ccc(C#Cc2ccc(CCC)cn2)c(F)c1F. The maximum atomic E-state index is 14.1. The Morgan fingerprint density at radius 1 is 1.00 bits per heavy atom. The highest BCUT2D eigenvalue weighted by Gasteiger charge is 2.13. The summed E-state index contributed by atoms with van der Waals surface area (Å²) in [5.74, 6) is 3.34. The number of nitrogens with zero attached hydrogens (tertiary/aromatic N) is 1. The lowest BCUT2D eigenvalue weighted by molar-refractivity contribution is 0.288. The number of benzene rings is 1. The Kier molecular flexibility index (Phi) is 6.74. The number of aryl methyl sites for hydroxylation is 1. The van der Waals surface area contributed by atoms with Gasteiger partial charge in [0, 0.05) is 6.20 Å². The molecule has 0 saturated carbocycles. The highest BCUT2D eigenvalue weighted by atomic mass is 19.2. The van der Waals surface area contributed by atoms with Crippen LogP contribution >= 0.6 is 0 Å². The van der Waals surface area contributed by atoms with E-state index in [2.05, 4.69) is 23.7 Å². The Bertz CT molecular complexity index is 730. The van der Waals surface area contributed by atoms with E-state index >= 15 is 0 Å². The molecule has 0 N–H and O–H groups in total. The van der Waals surface area contributed by atoms with E-state index < -0.39 is 11.6 Å². The predicted octanol–water partition coefficient (Wildman–Crippen LogP) is 4.89. The summed E-state index contributed by atoms with van der Waals surface area (Å²) in [6, 6.07) is 6.57. The molecule has 0 radical (unpaired) electrons. The van der Waals surface area contributed by atoms with Crippen LogP contribution in [0.4, 0.5) is 8.78 Å². The minimum atomic E-state index is -0.996. The first-order valence-corrected chi connectivity index (χ1v) is 8.23. The molecule has 1 heterocycles. The molecule has 126 valence electrons. The topological polar surface area (TPSA) is 22.1 Å². The third-order valence-corrected chi connectivity index (χ3v) is 3.49. The number of aromatic nitrogens is 1. The van der Waals surface area contributed by atoms with Crippen LogP contribution < -0.4 is 4.74 Å². The van der Waals surface area contributed by atoms with Gasteiger partial charge in [-0.1, -0.05) is 38.7 Å². The number of rotatable bonds is 6. The number of pyridine rings is 1. The Balaban J connectivity index is 2.14. The number of hydrogen-bond donors (Lipinski definition) is 0. The summed E-state index contributed by atoms with van der Waals surface area (Å²) in [6.07, 6.45) is 5.49. The third-order valence-electron chi connectivity index (χ3n) is 3.49. The first-order chi connectivity index (χ1) is 11.7. The Hall–Kier alpha value is -2.41. The second kappa shape index (κ2) is 9.02. The zero-order valence-electron chi connectivity index (χ0n) is 14.0. The highest BCUT2D eigenvalue weighted by Crippen LogP contribution is 2.22. The first kappa shape index (κ1) is 17.9. The van der Waals surface area contributed by atoms with Crippen LogP contribution in [0.3, 0.4) is 0 Å². The molecule has 0 saturated heterocycles. The van der Waals surface area contributed by atoms with Gasteiger partial charge in [0.2, 0.25) is 5.82 Å². The van der Waals surface area contributed by atoms with Crippen LogP contribution in [0, 0.1) is 23.5 Å². The number of ether oxygens (including phenoxy) is 1. The molecule has 0 atom stereocenters. The average molecular weight is 329 g/mol. The van der Waals surface area contributed by atoms with E-state index in [1.54, 1.807) is 12.3 Å².